The number of carbonyl (C=O) groups excluding carboxylic acids is 1. The second-order valence-corrected chi connectivity index (χ2v) is 6.86. The molecule has 0 bridgehead atoms. The number of benzene rings is 1. The first-order chi connectivity index (χ1) is 12.1. The minimum absolute atomic E-state index is 0.0153. The van der Waals surface area contributed by atoms with Gasteiger partial charge in [-0.2, -0.15) is 0 Å². The first kappa shape index (κ1) is 19.3. The number of unbranched alkanes of at least 4 members (excludes halogenated alkanes) is 3. The van der Waals surface area contributed by atoms with E-state index in [1.807, 2.05) is 12.1 Å². The predicted octanol–water partition coefficient (Wildman–Crippen LogP) is 3.98. The maximum atomic E-state index is 11.9. The molecule has 0 fully saturated rings. The molecule has 0 saturated carbocycles. The molecule has 0 aliphatic heterocycles. The summed E-state index contributed by atoms with van der Waals surface area (Å²) in [5, 5.41) is 4.19. The van der Waals surface area contributed by atoms with Gasteiger partial charge >= 0.3 is 0 Å². The van der Waals surface area contributed by atoms with E-state index >= 15 is 0 Å². The van der Waals surface area contributed by atoms with E-state index in [2.05, 4.69) is 54.5 Å². The Labute approximate surface area is 151 Å². The summed E-state index contributed by atoms with van der Waals surface area (Å²) in [7, 11) is 4.17. The SMILES string of the molecule is CCCCCCNC(=O)/C=C/c1ccc2[nH]cc(CCN(C)C)c2c1. The number of nitrogens with zero attached hydrogens (tertiary/aromatic N) is 1. The van der Waals surface area contributed by atoms with Gasteiger partial charge in [0.25, 0.3) is 0 Å². The Kier molecular flexibility index (Phi) is 7.74. The van der Waals surface area contributed by atoms with Crippen molar-refractivity contribution in [1.82, 2.24) is 15.2 Å². The van der Waals surface area contributed by atoms with Crippen LogP contribution >= 0.6 is 0 Å². The Hall–Kier alpha value is -2.07. The smallest absolute Gasteiger partial charge is 0.243 e. The van der Waals surface area contributed by atoms with Crippen LogP contribution < -0.4 is 5.32 Å². The number of rotatable bonds is 10. The van der Waals surface area contributed by atoms with Gasteiger partial charge in [-0.15, -0.1) is 0 Å². The van der Waals surface area contributed by atoms with Crippen LogP contribution in [0.25, 0.3) is 17.0 Å². The van der Waals surface area contributed by atoms with Gasteiger partial charge in [-0.05, 0) is 56.3 Å². The maximum absolute atomic E-state index is 11.9. The number of H-pyrrole nitrogens is 1. The highest BCUT2D eigenvalue weighted by molar-refractivity contribution is 5.93. The lowest BCUT2D eigenvalue weighted by molar-refractivity contribution is -0.116. The third kappa shape index (κ3) is 6.39. The van der Waals surface area contributed by atoms with E-state index in [0.29, 0.717) is 0 Å². The molecule has 136 valence electrons. The molecule has 25 heavy (non-hydrogen) atoms. The lowest BCUT2D eigenvalue weighted by atomic mass is 10.1. The number of aromatic amines is 1. The Morgan fingerprint density at radius 3 is 2.84 bits per heavy atom. The molecule has 2 rings (SSSR count). The number of hydrogen-bond donors (Lipinski definition) is 2. The molecule has 0 aliphatic carbocycles. The zero-order valence-electron chi connectivity index (χ0n) is 15.8. The summed E-state index contributed by atoms with van der Waals surface area (Å²) in [5.74, 6) is -0.0153. The van der Waals surface area contributed by atoms with Crippen LogP contribution in [0.4, 0.5) is 0 Å². The van der Waals surface area contributed by atoms with Crippen molar-refractivity contribution in [3.63, 3.8) is 0 Å². The predicted molar refractivity (Wildman–Crippen MR) is 107 cm³/mol. The van der Waals surface area contributed by atoms with Crippen LogP contribution in [-0.2, 0) is 11.2 Å². The van der Waals surface area contributed by atoms with Crippen molar-refractivity contribution in [3.8, 4) is 0 Å². The third-order valence-corrected chi connectivity index (χ3v) is 4.38. The topological polar surface area (TPSA) is 48.1 Å². The summed E-state index contributed by atoms with van der Waals surface area (Å²) in [6, 6.07) is 6.28. The Morgan fingerprint density at radius 1 is 1.24 bits per heavy atom. The largest absolute Gasteiger partial charge is 0.361 e. The fourth-order valence-corrected chi connectivity index (χ4v) is 2.84. The number of likely N-dealkylation sites (N-methyl/N-ethyl adjacent to an activating group) is 1. The van der Waals surface area contributed by atoms with Gasteiger partial charge in [-0.25, -0.2) is 0 Å². The molecule has 4 heteroatoms. The van der Waals surface area contributed by atoms with Crippen LogP contribution in [0.5, 0.6) is 0 Å². The molecule has 1 aromatic carbocycles. The minimum Gasteiger partial charge on any atom is -0.361 e. The van der Waals surface area contributed by atoms with E-state index in [0.717, 1.165) is 37.0 Å². The highest BCUT2D eigenvalue weighted by Crippen LogP contribution is 2.21. The van der Waals surface area contributed by atoms with Crippen molar-refractivity contribution in [1.29, 1.82) is 0 Å². The summed E-state index contributed by atoms with van der Waals surface area (Å²) < 4.78 is 0. The van der Waals surface area contributed by atoms with Gasteiger partial charge in [0.05, 0.1) is 0 Å². The molecule has 1 aromatic heterocycles. The second kappa shape index (κ2) is 10.0. The van der Waals surface area contributed by atoms with E-state index < -0.39 is 0 Å². The van der Waals surface area contributed by atoms with E-state index in [-0.39, 0.29) is 5.91 Å². The lowest BCUT2D eigenvalue weighted by Crippen LogP contribution is -2.21. The fraction of sp³-hybridized carbons (Fsp3) is 0.476. The van der Waals surface area contributed by atoms with Gasteiger partial charge < -0.3 is 15.2 Å². The van der Waals surface area contributed by atoms with Crippen molar-refractivity contribution in [2.24, 2.45) is 0 Å². The standard InChI is InChI=1S/C21H31N3O/c1-4-5-6-7-13-22-21(25)11-9-17-8-10-20-19(15-17)18(16-23-20)12-14-24(2)3/h8-11,15-16,23H,4-7,12-14H2,1-3H3,(H,22,25)/b11-9+. The average molecular weight is 341 g/mol. The molecule has 4 nitrogen and oxygen atoms in total. The van der Waals surface area contributed by atoms with Crippen molar-refractivity contribution in [2.45, 2.75) is 39.0 Å². The summed E-state index contributed by atoms with van der Waals surface area (Å²) in [5.41, 5.74) is 3.52. The normalized spacial score (nSPS) is 11.7. The molecule has 0 aliphatic rings. The van der Waals surface area contributed by atoms with Crippen molar-refractivity contribution < 1.29 is 4.79 Å². The number of nitrogens with one attached hydrogen (secondary N) is 2. The molecular weight excluding hydrogens is 310 g/mol. The van der Waals surface area contributed by atoms with Crippen molar-refractivity contribution in [2.75, 3.05) is 27.2 Å². The maximum Gasteiger partial charge on any atom is 0.243 e. The summed E-state index contributed by atoms with van der Waals surface area (Å²) in [6.45, 7) is 3.97. The molecule has 0 radical (unpaired) electrons. The molecule has 2 aromatic rings. The number of aromatic nitrogens is 1. The molecule has 0 saturated heterocycles. The molecule has 0 unspecified atom stereocenters. The first-order valence-electron chi connectivity index (χ1n) is 9.31. The monoisotopic (exact) mass is 341 g/mol. The van der Waals surface area contributed by atoms with E-state index in [4.69, 9.17) is 0 Å². The zero-order chi connectivity index (χ0) is 18.1. The second-order valence-electron chi connectivity index (χ2n) is 6.86. The average Bonchev–Trinajstić information content (AvgIpc) is 3.00. The zero-order valence-corrected chi connectivity index (χ0v) is 15.8. The minimum atomic E-state index is -0.0153. The Balaban J connectivity index is 1.93. The third-order valence-electron chi connectivity index (χ3n) is 4.38. The number of fused-ring (bicyclic) bond motifs is 1. The van der Waals surface area contributed by atoms with Crippen LogP contribution in [0, 0.1) is 0 Å². The van der Waals surface area contributed by atoms with E-state index in [9.17, 15) is 4.79 Å². The number of hydrogen-bond acceptors (Lipinski definition) is 2. The Morgan fingerprint density at radius 2 is 2.08 bits per heavy atom. The highest BCUT2D eigenvalue weighted by Gasteiger charge is 2.05. The molecule has 0 spiro atoms. The fourth-order valence-electron chi connectivity index (χ4n) is 2.84. The molecule has 2 N–H and O–H groups in total. The highest BCUT2D eigenvalue weighted by atomic mass is 16.1. The summed E-state index contributed by atoms with van der Waals surface area (Å²) in [4.78, 5) is 17.4. The van der Waals surface area contributed by atoms with E-state index in [1.54, 1.807) is 6.08 Å². The molecule has 1 heterocycles. The van der Waals surface area contributed by atoms with Crippen LogP contribution in [0.3, 0.4) is 0 Å². The molecule has 1 amide bonds. The molecule has 0 atom stereocenters. The van der Waals surface area contributed by atoms with Gasteiger partial charge in [0.2, 0.25) is 5.91 Å². The van der Waals surface area contributed by atoms with Crippen molar-refractivity contribution in [3.05, 3.63) is 41.6 Å². The van der Waals surface area contributed by atoms with Gasteiger partial charge in [-0.1, -0.05) is 32.3 Å². The Bertz CT molecular complexity index is 700. The first-order valence-corrected chi connectivity index (χ1v) is 9.31. The molecular formula is C21H31N3O. The summed E-state index contributed by atoms with van der Waals surface area (Å²) >= 11 is 0. The quantitative estimate of drug-likeness (QED) is 0.507. The lowest BCUT2D eigenvalue weighted by Gasteiger charge is -2.08. The van der Waals surface area contributed by atoms with Crippen LogP contribution in [0.1, 0.15) is 43.7 Å². The van der Waals surface area contributed by atoms with Gasteiger partial charge in [0.15, 0.2) is 0 Å². The van der Waals surface area contributed by atoms with Gasteiger partial charge in [0.1, 0.15) is 0 Å². The number of amides is 1. The van der Waals surface area contributed by atoms with Crippen LogP contribution in [0.15, 0.2) is 30.5 Å². The van der Waals surface area contributed by atoms with Crippen LogP contribution in [-0.4, -0.2) is 43.0 Å². The summed E-state index contributed by atoms with van der Waals surface area (Å²) in [6.07, 6.45) is 11.3. The van der Waals surface area contributed by atoms with Crippen molar-refractivity contribution >= 4 is 22.9 Å². The van der Waals surface area contributed by atoms with Gasteiger partial charge in [0, 0.05) is 36.3 Å². The van der Waals surface area contributed by atoms with Crippen LogP contribution in [0.2, 0.25) is 0 Å². The van der Waals surface area contributed by atoms with E-state index in [1.165, 1.54) is 30.2 Å². The van der Waals surface area contributed by atoms with Gasteiger partial charge in [-0.3, -0.25) is 4.79 Å². The number of carbonyl (C=O) groups is 1.